The van der Waals surface area contributed by atoms with E-state index in [1.54, 1.807) is 42.6 Å². The second-order valence-corrected chi connectivity index (χ2v) is 5.66. The maximum absolute atomic E-state index is 12.0. The minimum Gasteiger partial charge on any atom is -0.396 e. The number of hydrogen-bond acceptors (Lipinski definition) is 4. The molecule has 2 rings (SSSR count). The number of rotatable bonds is 7. The number of amides is 1. The van der Waals surface area contributed by atoms with Crippen molar-refractivity contribution in [3.63, 3.8) is 0 Å². The molecule has 0 aliphatic rings. The summed E-state index contributed by atoms with van der Waals surface area (Å²) in [4.78, 5) is 21.2. The highest BCUT2D eigenvalue weighted by atomic mass is 35.5. The van der Waals surface area contributed by atoms with Crippen molar-refractivity contribution in [3.05, 3.63) is 58.2 Å². The first-order valence-corrected chi connectivity index (χ1v) is 8.21. The van der Waals surface area contributed by atoms with E-state index in [-0.39, 0.29) is 12.3 Å². The lowest BCUT2D eigenvalue weighted by atomic mass is 10.1. The van der Waals surface area contributed by atoms with E-state index in [4.69, 9.17) is 28.0 Å². The molecule has 2 aromatic rings. The van der Waals surface area contributed by atoms with E-state index in [2.05, 4.69) is 15.5 Å². The third-order valence-electron chi connectivity index (χ3n) is 3.08. The molecule has 24 heavy (non-hydrogen) atoms. The van der Waals surface area contributed by atoms with Crippen molar-refractivity contribution in [3.8, 4) is 0 Å². The van der Waals surface area contributed by atoms with Gasteiger partial charge in [0.15, 0.2) is 0 Å². The number of carbonyl (C=O) groups excluding carboxylic acids is 1. The molecule has 0 saturated carbocycles. The van der Waals surface area contributed by atoms with Crippen LogP contribution in [0.25, 0.3) is 0 Å². The van der Waals surface area contributed by atoms with Crippen LogP contribution in [0.5, 0.6) is 0 Å². The highest BCUT2D eigenvalue weighted by molar-refractivity contribution is 6.42. The van der Waals surface area contributed by atoms with Gasteiger partial charge in [-0.1, -0.05) is 40.5 Å². The number of hydrogen-bond donors (Lipinski definition) is 1. The lowest BCUT2D eigenvalue weighted by Gasteiger charge is -2.08. The van der Waals surface area contributed by atoms with Crippen molar-refractivity contribution in [1.82, 2.24) is 4.98 Å². The Morgan fingerprint density at radius 2 is 2.04 bits per heavy atom. The predicted octanol–water partition coefficient (Wildman–Crippen LogP) is 4.55. The van der Waals surface area contributed by atoms with Gasteiger partial charge >= 0.3 is 0 Å². The normalized spacial score (nSPS) is 11.2. The Bertz CT molecular complexity index is 721. The molecule has 0 aliphatic carbocycles. The van der Waals surface area contributed by atoms with Gasteiger partial charge in [-0.15, -0.1) is 0 Å². The first-order valence-electron chi connectivity index (χ1n) is 7.45. The molecular formula is C17H17Cl2N3O2. The molecule has 1 aromatic heterocycles. The van der Waals surface area contributed by atoms with Crippen molar-refractivity contribution >= 4 is 40.6 Å². The fourth-order valence-electron chi connectivity index (χ4n) is 1.93. The van der Waals surface area contributed by atoms with Gasteiger partial charge in [0.1, 0.15) is 12.4 Å². The first-order chi connectivity index (χ1) is 11.6. The molecule has 1 N–H and O–H groups in total. The second kappa shape index (κ2) is 9.25. The van der Waals surface area contributed by atoms with Gasteiger partial charge in [0, 0.05) is 24.6 Å². The zero-order chi connectivity index (χ0) is 17.4. The molecule has 0 spiro atoms. The van der Waals surface area contributed by atoms with Crippen LogP contribution < -0.4 is 5.32 Å². The molecular weight excluding hydrogens is 349 g/mol. The molecule has 0 fully saturated rings. The van der Waals surface area contributed by atoms with E-state index in [1.165, 1.54) is 0 Å². The number of pyridine rings is 1. The number of nitrogens with one attached hydrogen (secondary N) is 1. The molecule has 0 bridgehead atoms. The zero-order valence-electron chi connectivity index (χ0n) is 13.1. The third kappa shape index (κ3) is 5.51. The highest BCUT2D eigenvalue weighted by Crippen LogP contribution is 2.23. The van der Waals surface area contributed by atoms with Crippen LogP contribution in [0.15, 0.2) is 47.8 Å². The molecule has 7 heteroatoms. The fourth-order valence-corrected chi connectivity index (χ4v) is 2.23. The number of halogens is 2. The van der Waals surface area contributed by atoms with Crippen LogP contribution >= 0.6 is 23.2 Å². The summed E-state index contributed by atoms with van der Waals surface area (Å²) >= 11 is 12.0. The summed E-state index contributed by atoms with van der Waals surface area (Å²) in [6.07, 6.45) is 2.26. The number of anilines is 1. The molecule has 0 unspecified atom stereocenters. The van der Waals surface area contributed by atoms with E-state index >= 15 is 0 Å². The fraction of sp³-hybridized carbons (Fsp3) is 0.235. The summed E-state index contributed by atoms with van der Waals surface area (Å²) in [5, 5.41) is 7.70. The van der Waals surface area contributed by atoms with Crippen molar-refractivity contribution in [2.45, 2.75) is 19.8 Å². The van der Waals surface area contributed by atoms with Crippen molar-refractivity contribution < 1.29 is 9.63 Å². The third-order valence-corrected chi connectivity index (χ3v) is 3.82. The van der Waals surface area contributed by atoms with E-state index in [9.17, 15) is 4.79 Å². The van der Waals surface area contributed by atoms with E-state index < -0.39 is 0 Å². The van der Waals surface area contributed by atoms with Gasteiger partial charge in [-0.2, -0.15) is 0 Å². The molecule has 1 heterocycles. The molecule has 1 amide bonds. The number of nitrogens with zero attached hydrogens (tertiary/aromatic N) is 2. The molecule has 5 nitrogen and oxygen atoms in total. The molecule has 0 atom stereocenters. The van der Waals surface area contributed by atoms with Crippen LogP contribution in [0.1, 0.15) is 25.3 Å². The van der Waals surface area contributed by atoms with Crippen molar-refractivity contribution in [2.24, 2.45) is 5.16 Å². The lowest BCUT2D eigenvalue weighted by molar-refractivity contribution is -0.116. The molecule has 0 aliphatic heterocycles. The van der Waals surface area contributed by atoms with Crippen LogP contribution in [0.4, 0.5) is 5.82 Å². The summed E-state index contributed by atoms with van der Waals surface area (Å²) in [7, 11) is 0. The topological polar surface area (TPSA) is 63.6 Å². The van der Waals surface area contributed by atoms with Crippen molar-refractivity contribution in [2.75, 3.05) is 11.9 Å². The SMILES string of the molecule is CCO/N=C(\CCC(=O)Nc1ccccn1)c1ccc(Cl)c(Cl)c1. The summed E-state index contributed by atoms with van der Waals surface area (Å²) in [6, 6.07) is 10.5. The Morgan fingerprint density at radius 1 is 1.21 bits per heavy atom. The van der Waals surface area contributed by atoms with Crippen LogP contribution in [-0.4, -0.2) is 23.2 Å². The Balaban J connectivity index is 2.03. The summed E-state index contributed by atoms with van der Waals surface area (Å²) < 4.78 is 0. The van der Waals surface area contributed by atoms with Gasteiger partial charge in [0.2, 0.25) is 5.91 Å². The highest BCUT2D eigenvalue weighted by Gasteiger charge is 2.11. The monoisotopic (exact) mass is 365 g/mol. The van der Waals surface area contributed by atoms with Crippen LogP contribution in [0.2, 0.25) is 10.0 Å². The van der Waals surface area contributed by atoms with Gasteiger partial charge in [0.25, 0.3) is 0 Å². The van der Waals surface area contributed by atoms with Crippen LogP contribution in [0.3, 0.4) is 0 Å². The minimum atomic E-state index is -0.155. The Hall–Kier alpha value is -2.11. The van der Waals surface area contributed by atoms with E-state index in [0.29, 0.717) is 34.6 Å². The van der Waals surface area contributed by atoms with Gasteiger partial charge in [-0.25, -0.2) is 4.98 Å². The predicted molar refractivity (Wildman–Crippen MR) is 96.7 cm³/mol. The Kier molecular flexibility index (Phi) is 7.03. The molecule has 0 saturated heterocycles. The molecule has 126 valence electrons. The average Bonchev–Trinajstić information content (AvgIpc) is 2.58. The van der Waals surface area contributed by atoms with Gasteiger partial charge < -0.3 is 10.2 Å². The maximum atomic E-state index is 12.0. The molecule has 0 radical (unpaired) electrons. The van der Waals surface area contributed by atoms with Crippen molar-refractivity contribution in [1.29, 1.82) is 0 Å². The summed E-state index contributed by atoms with van der Waals surface area (Å²) in [5.41, 5.74) is 1.40. The van der Waals surface area contributed by atoms with E-state index in [0.717, 1.165) is 5.56 Å². The van der Waals surface area contributed by atoms with Gasteiger partial charge in [-0.05, 0) is 31.2 Å². The minimum absolute atomic E-state index is 0.155. The van der Waals surface area contributed by atoms with Crippen LogP contribution in [0, 0.1) is 0 Å². The number of oxime groups is 1. The smallest absolute Gasteiger partial charge is 0.225 e. The largest absolute Gasteiger partial charge is 0.396 e. The Labute approximate surface area is 150 Å². The maximum Gasteiger partial charge on any atom is 0.225 e. The first kappa shape index (κ1) is 18.2. The van der Waals surface area contributed by atoms with Gasteiger partial charge in [-0.3, -0.25) is 4.79 Å². The molecule has 1 aromatic carbocycles. The standard InChI is InChI=1S/C17H17Cl2N3O2/c1-2-24-22-15(12-6-7-13(18)14(19)11-12)8-9-17(23)21-16-5-3-4-10-20-16/h3-7,10-11H,2,8-9H2,1H3,(H,20,21,23)/b22-15+. The Morgan fingerprint density at radius 3 is 2.71 bits per heavy atom. The van der Waals surface area contributed by atoms with E-state index in [1.807, 2.05) is 6.92 Å². The number of aromatic nitrogens is 1. The second-order valence-electron chi connectivity index (χ2n) is 4.85. The average molecular weight is 366 g/mol. The quantitative estimate of drug-likeness (QED) is 0.578. The number of benzene rings is 1. The summed E-state index contributed by atoms with van der Waals surface area (Å²) in [6.45, 7) is 2.27. The summed E-state index contributed by atoms with van der Waals surface area (Å²) in [5.74, 6) is 0.360. The van der Waals surface area contributed by atoms with Gasteiger partial charge in [0.05, 0.1) is 15.8 Å². The zero-order valence-corrected chi connectivity index (χ0v) is 14.6. The van der Waals surface area contributed by atoms with Crippen LogP contribution in [-0.2, 0) is 9.63 Å². The lowest BCUT2D eigenvalue weighted by Crippen LogP contribution is -2.15. The number of carbonyl (C=O) groups is 1.